The van der Waals surface area contributed by atoms with Gasteiger partial charge in [0.2, 0.25) is 5.76 Å². The predicted octanol–water partition coefficient (Wildman–Crippen LogP) is 3.33. The molecular weight excluding hydrogens is 376 g/mol. The quantitative estimate of drug-likeness (QED) is 0.773. The Kier molecular flexibility index (Phi) is 5.06. The predicted molar refractivity (Wildman–Crippen MR) is 102 cm³/mol. The average Bonchev–Trinajstić information content (AvgIpc) is 3.16. The van der Waals surface area contributed by atoms with Gasteiger partial charge in [0.25, 0.3) is 11.8 Å². The van der Waals surface area contributed by atoms with E-state index in [9.17, 15) is 9.59 Å². The number of likely N-dealkylation sites (tertiary alicyclic amines) is 1. The van der Waals surface area contributed by atoms with E-state index in [-0.39, 0.29) is 35.7 Å². The molecule has 0 bridgehead atoms. The number of nitrogens with zero attached hydrogens (tertiary/aromatic N) is 4. The second kappa shape index (κ2) is 7.53. The summed E-state index contributed by atoms with van der Waals surface area (Å²) in [6.45, 7) is 6.71. The van der Waals surface area contributed by atoms with Crippen LogP contribution in [0.2, 0.25) is 0 Å². The maximum absolute atomic E-state index is 13.2. The Labute approximate surface area is 169 Å². The van der Waals surface area contributed by atoms with Crippen LogP contribution in [0.15, 0.2) is 27.7 Å². The van der Waals surface area contributed by atoms with Crippen molar-refractivity contribution in [3.05, 3.63) is 24.5 Å². The van der Waals surface area contributed by atoms with E-state index in [0.29, 0.717) is 31.7 Å². The molecule has 0 atom stereocenters. The molecule has 156 valence electrons. The standard InChI is InChI=1S/C20H26N4O5/c1-20(2,3)29-19(26)23-8-6-14(7-9-23)24(13-4-5-13)18(25)15-11-27-17(22-15)16-10-21-12-28-16/h10-14H,4-9H2,1-3H3. The number of amides is 2. The van der Waals surface area contributed by atoms with E-state index in [1.807, 2.05) is 25.7 Å². The Morgan fingerprint density at radius 3 is 2.41 bits per heavy atom. The zero-order chi connectivity index (χ0) is 20.6. The van der Waals surface area contributed by atoms with Crippen molar-refractivity contribution in [3.8, 4) is 11.7 Å². The summed E-state index contributed by atoms with van der Waals surface area (Å²) in [5.41, 5.74) is -0.254. The van der Waals surface area contributed by atoms with Crippen LogP contribution >= 0.6 is 0 Å². The van der Waals surface area contributed by atoms with Crippen molar-refractivity contribution < 1.29 is 23.2 Å². The summed E-state index contributed by atoms with van der Waals surface area (Å²) in [6, 6.07) is 0.296. The fourth-order valence-electron chi connectivity index (χ4n) is 3.57. The van der Waals surface area contributed by atoms with Crippen LogP contribution in [-0.4, -0.2) is 62.5 Å². The van der Waals surface area contributed by atoms with Gasteiger partial charge in [-0.25, -0.2) is 14.8 Å². The lowest BCUT2D eigenvalue weighted by Crippen LogP contribution is -2.50. The highest BCUT2D eigenvalue weighted by atomic mass is 16.6. The highest BCUT2D eigenvalue weighted by molar-refractivity contribution is 5.93. The summed E-state index contributed by atoms with van der Waals surface area (Å²) in [7, 11) is 0. The molecule has 4 rings (SSSR count). The topological polar surface area (TPSA) is 102 Å². The molecule has 29 heavy (non-hydrogen) atoms. The Morgan fingerprint density at radius 1 is 1.14 bits per heavy atom. The van der Waals surface area contributed by atoms with E-state index >= 15 is 0 Å². The van der Waals surface area contributed by atoms with Gasteiger partial charge in [-0.2, -0.15) is 0 Å². The number of hydrogen-bond acceptors (Lipinski definition) is 7. The van der Waals surface area contributed by atoms with E-state index in [2.05, 4.69) is 9.97 Å². The highest BCUT2D eigenvalue weighted by Crippen LogP contribution is 2.33. The number of carbonyl (C=O) groups is 2. The molecule has 3 heterocycles. The van der Waals surface area contributed by atoms with Crippen molar-refractivity contribution in [2.45, 2.75) is 64.1 Å². The lowest BCUT2D eigenvalue weighted by Gasteiger charge is -2.38. The van der Waals surface area contributed by atoms with Gasteiger partial charge in [-0.05, 0) is 46.5 Å². The molecule has 0 unspecified atom stereocenters. The fraction of sp³-hybridized carbons (Fsp3) is 0.600. The molecule has 1 saturated heterocycles. The molecule has 2 aromatic heterocycles. The average molecular weight is 402 g/mol. The first-order chi connectivity index (χ1) is 13.8. The maximum Gasteiger partial charge on any atom is 0.410 e. The molecule has 1 aliphatic heterocycles. The number of aromatic nitrogens is 2. The summed E-state index contributed by atoms with van der Waals surface area (Å²) in [5.74, 6) is 0.478. The summed E-state index contributed by atoms with van der Waals surface area (Å²) < 4.78 is 16.0. The van der Waals surface area contributed by atoms with Crippen LogP contribution < -0.4 is 0 Å². The van der Waals surface area contributed by atoms with Gasteiger partial charge in [-0.3, -0.25) is 4.79 Å². The summed E-state index contributed by atoms with van der Waals surface area (Å²) in [6.07, 6.45) is 7.26. The third kappa shape index (κ3) is 4.44. The zero-order valence-electron chi connectivity index (χ0n) is 17.0. The van der Waals surface area contributed by atoms with Gasteiger partial charge < -0.3 is 23.4 Å². The Hall–Kier alpha value is -2.84. The third-order valence-electron chi connectivity index (χ3n) is 5.05. The second-order valence-electron chi connectivity index (χ2n) is 8.55. The molecule has 2 aliphatic rings. The van der Waals surface area contributed by atoms with E-state index in [4.69, 9.17) is 13.6 Å². The van der Waals surface area contributed by atoms with Crippen LogP contribution in [-0.2, 0) is 4.74 Å². The number of rotatable bonds is 4. The van der Waals surface area contributed by atoms with E-state index in [0.717, 1.165) is 12.8 Å². The van der Waals surface area contributed by atoms with Crippen molar-refractivity contribution in [1.29, 1.82) is 0 Å². The van der Waals surface area contributed by atoms with Gasteiger partial charge in [-0.1, -0.05) is 0 Å². The number of ether oxygens (including phenoxy) is 1. The van der Waals surface area contributed by atoms with Gasteiger partial charge in [0.05, 0.1) is 6.20 Å². The van der Waals surface area contributed by atoms with Gasteiger partial charge in [0.1, 0.15) is 11.9 Å². The first kappa shape index (κ1) is 19.5. The summed E-state index contributed by atoms with van der Waals surface area (Å²) >= 11 is 0. The minimum atomic E-state index is -0.516. The minimum absolute atomic E-state index is 0.0686. The Morgan fingerprint density at radius 2 is 1.83 bits per heavy atom. The molecule has 1 saturated carbocycles. The van der Waals surface area contributed by atoms with Gasteiger partial charge >= 0.3 is 6.09 Å². The largest absolute Gasteiger partial charge is 0.444 e. The normalized spacial score (nSPS) is 18.0. The van der Waals surface area contributed by atoms with Crippen molar-refractivity contribution in [1.82, 2.24) is 19.8 Å². The van der Waals surface area contributed by atoms with E-state index < -0.39 is 5.60 Å². The Balaban J connectivity index is 1.41. The fourth-order valence-corrected chi connectivity index (χ4v) is 3.57. The van der Waals surface area contributed by atoms with E-state index in [1.165, 1.54) is 18.9 Å². The van der Waals surface area contributed by atoms with Crippen LogP contribution in [0, 0.1) is 0 Å². The lowest BCUT2D eigenvalue weighted by molar-refractivity contribution is 0.0141. The molecule has 1 aliphatic carbocycles. The smallest absolute Gasteiger partial charge is 0.410 e. The molecule has 0 spiro atoms. The van der Waals surface area contributed by atoms with Crippen molar-refractivity contribution >= 4 is 12.0 Å². The lowest BCUT2D eigenvalue weighted by atomic mass is 10.0. The van der Waals surface area contributed by atoms with Crippen molar-refractivity contribution in [3.63, 3.8) is 0 Å². The van der Waals surface area contributed by atoms with Gasteiger partial charge in [0.15, 0.2) is 12.1 Å². The SMILES string of the molecule is CC(C)(C)OC(=O)N1CCC(N(C(=O)c2coc(-c3cnco3)n2)C2CC2)CC1. The van der Waals surface area contributed by atoms with E-state index in [1.54, 1.807) is 4.90 Å². The van der Waals surface area contributed by atoms with Crippen LogP contribution in [0.4, 0.5) is 4.79 Å². The molecule has 9 heteroatoms. The van der Waals surface area contributed by atoms with Crippen LogP contribution in [0.1, 0.15) is 56.9 Å². The van der Waals surface area contributed by atoms with Crippen LogP contribution in [0.25, 0.3) is 11.7 Å². The zero-order valence-corrected chi connectivity index (χ0v) is 17.0. The first-order valence-corrected chi connectivity index (χ1v) is 9.97. The number of oxazole rings is 2. The molecule has 2 fully saturated rings. The Bertz CT molecular complexity index is 858. The molecule has 2 amide bonds. The summed E-state index contributed by atoms with van der Waals surface area (Å²) in [4.78, 5) is 37.2. The third-order valence-corrected chi connectivity index (χ3v) is 5.05. The van der Waals surface area contributed by atoms with Crippen LogP contribution in [0.3, 0.4) is 0 Å². The molecule has 9 nitrogen and oxygen atoms in total. The highest BCUT2D eigenvalue weighted by Gasteiger charge is 2.40. The van der Waals surface area contributed by atoms with Crippen LogP contribution in [0.5, 0.6) is 0 Å². The number of piperidine rings is 1. The number of hydrogen-bond donors (Lipinski definition) is 0. The molecule has 0 N–H and O–H groups in total. The maximum atomic E-state index is 13.2. The van der Waals surface area contributed by atoms with Crippen molar-refractivity contribution in [2.24, 2.45) is 0 Å². The number of carbonyl (C=O) groups excluding carboxylic acids is 2. The second-order valence-corrected chi connectivity index (χ2v) is 8.55. The molecule has 0 aromatic carbocycles. The molecule has 2 aromatic rings. The van der Waals surface area contributed by atoms with Gasteiger partial charge in [-0.15, -0.1) is 0 Å². The monoisotopic (exact) mass is 402 g/mol. The first-order valence-electron chi connectivity index (χ1n) is 9.97. The van der Waals surface area contributed by atoms with Crippen molar-refractivity contribution in [2.75, 3.05) is 13.1 Å². The molecule has 0 radical (unpaired) electrons. The molecular formula is C20H26N4O5. The van der Waals surface area contributed by atoms with Gasteiger partial charge in [0, 0.05) is 25.2 Å². The minimum Gasteiger partial charge on any atom is -0.444 e. The summed E-state index contributed by atoms with van der Waals surface area (Å²) in [5, 5.41) is 0.